The van der Waals surface area contributed by atoms with Gasteiger partial charge in [0, 0.05) is 6.54 Å². The van der Waals surface area contributed by atoms with Crippen molar-refractivity contribution < 1.29 is 4.74 Å². The average Bonchev–Trinajstić information content (AvgIpc) is 3.24. The summed E-state index contributed by atoms with van der Waals surface area (Å²) in [5.41, 5.74) is 1.52. The molecule has 2 aromatic heterocycles. The Kier molecular flexibility index (Phi) is 4.16. The van der Waals surface area contributed by atoms with E-state index >= 15 is 0 Å². The molecule has 1 aliphatic heterocycles. The average molecular weight is 364 g/mol. The second-order valence-electron chi connectivity index (χ2n) is 5.65. The van der Waals surface area contributed by atoms with Gasteiger partial charge in [0.15, 0.2) is 11.5 Å². The zero-order valence-electron chi connectivity index (χ0n) is 12.7. The van der Waals surface area contributed by atoms with Crippen molar-refractivity contribution in [3.05, 3.63) is 40.9 Å². The van der Waals surface area contributed by atoms with Crippen LogP contribution in [0, 0.1) is 0 Å². The molecule has 0 bridgehead atoms. The van der Waals surface area contributed by atoms with Crippen molar-refractivity contribution >= 4 is 40.2 Å². The predicted octanol–water partition coefficient (Wildman–Crippen LogP) is 3.71. The van der Waals surface area contributed by atoms with Crippen molar-refractivity contribution in [1.29, 1.82) is 0 Å². The number of aromatic amines is 1. The Balaban J connectivity index is 1.55. The molecule has 24 heavy (non-hydrogen) atoms. The summed E-state index contributed by atoms with van der Waals surface area (Å²) < 4.78 is 5.92. The van der Waals surface area contributed by atoms with Gasteiger partial charge in [-0.05, 0) is 25.0 Å². The molecule has 8 heteroatoms. The lowest BCUT2D eigenvalue weighted by atomic mass is 10.2. The molecule has 0 amide bonds. The first-order chi connectivity index (χ1) is 11.7. The van der Waals surface area contributed by atoms with E-state index in [2.05, 4.69) is 24.8 Å². The fraction of sp³-hybridized carbons (Fsp3) is 0.312. The van der Waals surface area contributed by atoms with E-state index in [4.69, 9.17) is 27.9 Å². The van der Waals surface area contributed by atoms with Crippen LogP contribution in [0.25, 0.3) is 11.2 Å². The highest BCUT2D eigenvalue weighted by atomic mass is 35.5. The number of anilines is 1. The fourth-order valence-electron chi connectivity index (χ4n) is 3.04. The quantitative estimate of drug-likeness (QED) is 0.765. The van der Waals surface area contributed by atoms with E-state index in [1.54, 1.807) is 18.7 Å². The van der Waals surface area contributed by atoms with Crippen molar-refractivity contribution in [3.8, 4) is 5.75 Å². The lowest BCUT2D eigenvalue weighted by Gasteiger charge is -2.26. The van der Waals surface area contributed by atoms with Crippen LogP contribution in [0.2, 0.25) is 10.0 Å². The molecule has 1 saturated heterocycles. The number of halogens is 2. The molecule has 0 unspecified atom stereocenters. The molecule has 3 aromatic rings. The highest BCUT2D eigenvalue weighted by molar-refractivity contribution is 6.42. The van der Waals surface area contributed by atoms with Crippen LogP contribution in [0.3, 0.4) is 0 Å². The first kappa shape index (κ1) is 15.5. The predicted molar refractivity (Wildman–Crippen MR) is 94.0 cm³/mol. The van der Waals surface area contributed by atoms with E-state index < -0.39 is 0 Å². The van der Waals surface area contributed by atoms with Crippen LogP contribution in [0.1, 0.15) is 12.8 Å². The summed E-state index contributed by atoms with van der Waals surface area (Å²) >= 11 is 12.2. The van der Waals surface area contributed by atoms with E-state index in [0.717, 1.165) is 30.7 Å². The Morgan fingerprint density at radius 2 is 2.17 bits per heavy atom. The van der Waals surface area contributed by atoms with Crippen molar-refractivity contribution in [2.45, 2.75) is 18.9 Å². The molecule has 1 aliphatic rings. The summed E-state index contributed by atoms with van der Waals surface area (Å²) in [6.45, 7) is 1.43. The van der Waals surface area contributed by atoms with Crippen LogP contribution in [-0.4, -0.2) is 39.1 Å². The van der Waals surface area contributed by atoms with Gasteiger partial charge in [-0.2, -0.15) is 0 Å². The molecule has 124 valence electrons. The number of nitrogens with zero attached hydrogens (tertiary/aromatic N) is 4. The molecule has 0 saturated carbocycles. The van der Waals surface area contributed by atoms with Crippen LogP contribution in [0.4, 0.5) is 5.82 Å². The van der Waals surface area contributed by atoms with Crippen LogP contribution in [0.5, 0.6) is 5.75 Å². The minimum Gasteiger partial charge on any atom is -0.490 e. The monoisotopic (exact) mass is 363 g/mol. The van der Waals surface area contributed by atoms with Gasteiger partial charge < -0.3 is 14.6 Å². The maximum atomic E-state index is 6.19. The van der Waals surface area contributed by atoms with E-state index in [1.807, 2.05) is 12.1 Å². The molecule has 1 aromatic carbocycles. The number of H-pyrrole nitrogens is 1. The number of aromatic nitrogens is 4. The Labute approximate surface area is 148 Å². The minimum absolute atomic E-state index is 0.210. The van der Waals surface area contributed by atoms with Gasteiger partial charge in [-0.15, -0.1) is 0 Å². The van der Waals surface area contributed by atoms with Gasteiger partial charge in [0.05, 0.1) is 17.4 Å². The fourth-order valence-corrected chi connectivity index (χ4v) is 3.39. The standard InChI is InChI=1S/C16H15Cl2N5O/c17-11-4-1-5-12(13(11)18)24-7-10-3-2-6-23(10)16-14-15(20-8-19-14)21-9-22-16/h1,4-5,8-10H,2-3,6-7H2,(H,19,20,21,22)/t10-/m1/s1. The van der Waals surface area contributed by atoms with Crippen LogP contribution >= 0.6 is 23.2 Å². The van der Waals surface area contributed by atoms with E-state index in [0.29, 0.717) is 28.0 Å². The third kappa shape index (κ3) is 2.76. The topological polar surface area (TPSA) is 66.9 Å². The first-order valence-electron chi connectivity index (χ1n) is 7.71. The van der Waals surface area contributed by atoms with Crippen LogP contribution in [0.15, 0.2) is 30.9 Å². The Bertz CT molecular complexity index is 869. The number of nitrogens with one attached hydrogen (secondary N) is 1. The Morgan fingerprint density at radius 3 is 3.08 bits per heavy atom. The second-order valence-corrected chi connectivity index (χ2v) is 6.44. The summed E-state index contributed by atoms with van der Waals surface area (Å²) in [5, 5.41) is 0.939. The summed E-state index contributed by atoms with van der Waals surface area (Å²) in [5.74, 6) is 1.46. The van der Waals surface area contributed by atoms with Crippen molar-refractivity contribution in [3.63, 3.8) is 0 Å². The van der Waals surface area contributed by atoms with Gasteiger partial charge in [-0.3, -0.25) is 0 Å². The lowest BCUT2D eigenvalue weighted by molar-refractivity contribution is 0.288. The van der Waals surface area contributed by atoms with Gasteiger partial charge in [0.1, 0.15) is 29.2 Å². The van der Waals surface area contributed by atoms with Crippen molar-refractivity contribution in [1.82, 2.24) is 19.9 Å². The number of benzene rings is 1. The summed E-state index contributed by atoms with van der Waals surface area (Å²) in [7, 11) is 0. The maximum absolute atomic E-state index is 6.19. The number of imidazole rings is 1. The highest BCUT2D eigenvalue weighted by Crippen LogP contribution is 2.33. The third-order valence-electron chi connectivity index (χ3n) is 4.20. The number of hydrogen-bond donors (Lipinski definition) is 1. The van der Waals surface area contributed by atoms with Crippen LogP contribution in [-0.2, 0) is 0 Å². The molecule has 1 N–H and O–H groups in total. The highest BCUT2D eigenvalue weighted by Gasteiger charge is 2.28. The normalized spacial score (nSPS) is 17.6. The number of hydrogen-bond acceptors (Lipinski definition) is 5. The molecule has 0 spiro atoms. The van der Waals surface area contributed by atoms with Gasteiger partial charge in [0.2, 0.25) is 0 Å². The molecule has 1 atom stereocenters. The minimum atomic E-state index is 0.210. The zero-order chi connectivity index (χ0) is 16.5. The van der Waals surface area contributed by atoms with E-state index in [-0.39, 0.29) is 6.04 Å². The van der Waals surface area contributed by atoms with Crippen molar-refractivity contribution in [2.75, 3.05) is 18.1 Å². The Morgan fingerprint density at radius 1 is 1.25 bits per heavy atom. The lowest BCUT2D eigenvalue weighted by Crippen LogP contribution is -2.35. The van der Waals surface area contributed by atoms with Crippen LogP contribution < -0.4 is 9.64 Å². The maximum Gasteiger partial charge on any atom is 0.182 e. The number of rotatable bonds is 4. The second kappa shape index (κ2) is 6.45. The first-order valence-corrected chi connectivity index (χ1v) is 8.47. The van der Waals surface area contributed by atoms with E-state index in [9.17, 15) is 0 Å². The van der Waals surface area contributed by atoms with Gasteiger partial charge >= 0.3 is 0 Å². The molecule has 6 nitrogen and oxygen atoms in total. The Hall–Kier alpha value is -2.05. The zero-order valence-corrected chi connectivity index (χ0v) is 14.3. The number of fused-ring (bicyclic) bond motifs is 1. The van der Waals surface area contributed by atoms with Gasteiger partial charge in [0.25, 0.3) is 0 Å². The summed E-state index contributed by atoms with van der Waals surface area (Å²) in [6.07, 6.45) is 5.29. The SMILES string of the molecule is Clc1cccc(OC[C@H]2CCCN2c2ncnc3nc[nH]c23)c1Cl. The molecular formula is C16H15Cl2N5O. The smallest absolute Gasteiger partial charge is 0.182 e. The molecule has 0 aliphatic carbocycles. The molecule has 3 heterocycles. The number of ether oxygens (including phenoxy) is 1. The van der Waals surface area contributed by atoms with Crippen molar-refractivity contribution in [2.24, 2.45) is 0 Å². The third-order valence-corrected chi connectivity index (χ3v) is 5.00. The molecular weight excluding hydrogens is 349 g/mol. The summed E-state index contributed by atoms with van der Waals surface area (Å²) in [4.78, 5) is 18.2. The van der Waals surface area contributed by atoms with Gasteiger partial charge in [-0.1, -0.05) is 29.3 Å². The summed E-state index contributed by atoms with van der Waals surface area (Å²) in [6, 6.07) is 5.61. The molecule has 1 fully saturated rings. The van der Waals surface area contributed by atoms with Gasteiger partial charge in [-0.25, -0.2) is 15.0 Å². The molecule has 0 radical (unpaired) electrons. The molecule has 4 rings (SSSR count). The van der Waals surface area contributed by atoms with E-state index in [1.165, 1.54) is 0 Å². The largest absolute Gasteiger partial charge is 0.490 e.